The SMILES string of the molecule is CN=C(NCCc1nc(C)c(C)s1)NCC1(O)CCc2ccccc21.I. The van der Waals surface area contributed by atoms with Gasteiger partial charge in [-0.3, -0.25) is 4.99 Å². The topological polar surface area (TPSA) is 69.5 Å². The predicted molar refractivity (Wildman–Crippen MR) is 119 cm³/mol. The number of hydrogen-bond acceptors (Lipinski definition) is 4. The molecule has 0 aliphatic heterocycles. The Hall–Kier alpha value is -1.19. The molecule has 3 N–H and O–H groups in total. The number of nitrogens with one attached hydrogen (secondary N) is 2. The zero-order valence-corrected chi connectivity index (χ0v) is 18.6. The predicted octanol–water partition coefficient (Wildman–Crippen LogP) is 2.92. The molecule has 5 nitrogen and oxygen atoms in total. The van der Waals surface area contributed by atoms with Gasteiger partial charge in [0.1, 0.15) is 5.60 Å². The van der Waals surface area contributed by atoms with Crippen LogP contribution in [0, 0.1) is 13.8 Å². The lowest BCUT2D eigenvalue weighted by molar-refractivity contribution is 0.0432. The van der Waals surface area contributed by atoms with E-state index in [2.05, 4.69) is 33.6 Å². The van der Waals surface area contributed by atoms with Crippen LogP contribution in [0.4, 0.5) is 0 Å². The van der Waals surface area contributed by atoms with E-state index in [9.17, 15) is 5.11 Å². The second-order valence-corrected chi connectivity index (χ2v) is 7.83. The molecule has 26 heavy (non-hydrogen) atoms. The third-order valence-corrected chi connectivity index (χ3v) is 5.94. The van der Waals surface area contributed by atoms with E-state index in [4.69, 9.17) is 0 Å². The first-order valence-electron chi connectivity index (χ1n) is 8.70. The summed E-state index contributed by atoms with van der Waals surface area (Å²) in [6.45, 7) is 5.37. The summed E-state index contributed by atoms with van der Waals surface area (Å²) in [6, 6.07) is 8.13. The highest BCUT2D eigenvalue weighted by Gasteiger charge is 2.36. The zero-order valence-electron chi connectivity index (χ0n) is 15.5. The lowest BCUT2D eigenvalue weighted by Crippen LogP contribution is -2.45. The van der Waals surface area contributed by atoms with Crippen LogP contribution in [-0.4, -0.2) is 36.2 Å². The Morgan fingerprint density at radius 2 is 2.08 bits per heavy atom. The summed E-state index contributed by atoms with van der Waals surface area (Å²) in [4.78, 5) is 10.1. The zero-order chi connectivity index (χ0) is 17.9. The number of rotatable bonds is 5. The summed E-state index contributed by atoms with van der Waals surface area (Å²) in [5.41, 5.74) is 2.57. The largest absolute Gasteiger partial charge is 0.383 e. The first kappa shape index (κ1) is 21.1. The van der Waals surface area contributed by atoms with Crippen molar-refractivity contribution in [2.24, 2.45) is 4.99 Å². The summed E-state index contributed by atoms with van der Waals surface area (Å²) < 4.78 is 0. The van der Waals surface area contributed by atoms with Crippen LogP contribution in [-0.2, 0) is 18.4 Å². The van der Waals surface area contributed by atoms with Crippen molar-refractivity contribution in [3.05, 3.63) is 51.0 Å². The Balaban J connectivity index is 0.00000243. The molecule has 142 valence electrons. The van der Waals surface area contributed by atoms with Gasteiger partial charge in [0.15, 0.2) is 5.96 Å². The standard InChI is InChI=1S/C19H26N4OS.HI/c1-13-14(2)25-17(23-13)9-11-21-18(20-3)22-12-19(24)10-8-15-6-4-5-7-16(15)19;/h4-7,24H,8-12H2,1-3H3,(H2,20,21,22);1H. The molecule has 2 aromatic rings. The molecule has 1 aromatic carbocycles. The molecular weight excluding hydrogens is 459 g/mol. The number of aryl methyl sites for hydroxylation is 3. The highest BCUT2D eigenvalue weighted by atomic mass is 127. The van der Waals surface area contributed by atoms with Gasteiger partial charge in [-0.1, -0.05) is 24.3 Å². The molecule has 0 saturated heterocycles. The third-order valence-electron chi connectivity index (χ3n) is 4.80. The average Bonchev–Trinajstić information content (AvgIpc) is 3.11. The van der Waals surface area contributed by atoms with Gasteiger partial charge >= 0.3 is 0 Å². The molecule has 1 aromatic heterocycles. The second-order valence-electron chi connectivity index (χ2n) is 6.54. The minimum absolute atomic E-state index is 0. The fourth-order valence-electron chi connectivity index (χ4n) is 3.24. The molecule has 1 aliphatic rings. The number of aromatic nitrogens is 1. The van der Waals surface area contributed by atoms with Gasteiger partial charge in [0.2, 0.25) is 0 Å². The number of guanidine groups is 1. The Kier molecular flexibility index (Phi) is 7.42. The molecule has 1 aliphatic carbocycles. The lowest BCUT2D eigenvalue weighted by Gasteiger charge is -2.25. The van der Waals surface area contributed by atoms with E-state index in [1.54, 1.807) is 18.4 Å². The van der Waals surface area contributed by atoms with E-state index in [1.807, 2.05) is 25.1 Å². The third kappa shape index (κ3) is 4.75. The number of benzene rings is 1. The summed E-state index contributed by atoms with van der Waals surface area (Å²) in [7, 11) is 1.75. The summed E-state index contributed by atoms with van der Waals surface area (Å²) in [5, 5.41) is 18.7. The Morgan fingerprint density at radius 3 is 2.77 bits per heavy atom. The van der Waals surface area contributed by atoms with Crippen molar-refractivity contribution in [2.75, 3.05) is 20.1 Å². The molecule has 0 fully saturated rings. The Labute approximate surface area is 176 Å². The maximum Gasteiger partial charge on any atom is 0.191 e. The van der Waals surface area contributed by atoms with Crippen molar-refractivity contribution < 1.29 is 5.11 Å². The van der Waals surface area contributed by atoms with Crippen LogP contribution in [0.25, 0.3) is 0 Å². The van der Waals surface area contributed by atoms with E-state index in [0.29, 0.717) is 12.5 Å². The molecule has 0 spiro atoms. The second kappa shape index (κ2) is 9.14. The summed E-state index contributed by atoms with van der Waals surface area (Å²) in [6.07, 6.45) is 2.53. The van der Waals surface area contributed by atoms with E-state index >= 15 is 0 Å². The lowest BCUT2D eigenvalue weighted by atomic mass is 9.96. The number of thiazole rings is 1. The molecular formula is C19H27IN4OS. The molecule has 0 bridgehead atoms. The minimum Gasteiger partial charge on any atom is -0.383 e. The highest BCUT2D eigenvalue weighted by molar-refractivity contribution is 14.0. The first-order chi connectivity index (χ1) is 12.0. The van der Waals surface area contributed by atoms with Crippen LogP contribution < -0.4 is 10.6 Å². The fourth-order valence-corrected chi connectivity index (χ4v) is 4.17. The molecule has 1 atom stereocenters. The van der Waals surface area contributed by atoms with Crippen molar-refractivity contribution in [3.8, 4) is 0 Å². The van der Waals surface area contributed by atoms with Crippen LogP contribution >= 0.6 is 35.3 Å². The van der Waals surface area contributed by atoms with E-state index in [1.165, 1.54) is 10.4 Å². The Bertz CT molecular complexity index is 757. The molecule has 0 amide bonds. The monoisotopic (exact) mass is 486 g/mol. The van der Waals surface area contributed by atoms with Gasteiger partial charge in [-0.2, -0.15) is 0 Å². The van der Waals surface area contributed by atoms with E-state index in [0.717, 1.165) is 42.1 Å². The van der Waals surface area contributed by atoms with Crippen LogP contribution in [0.2, 0.25) is 0 Å². The van der Waals surface area contributed by atoms with Gasteiger partial charge < -0.3 is 15.7 Å². The number of fused-ring (bicyclic) bond motifs is 1. The van der Waals surface area contributed by atoms with Crippen LogP contribution in [0.1, 0.15) is 33.1 Å². The number of halogens is 1. The maximum atomic E-state index is 11.0. The molecule has 7 heteroatoms. The molecule has 0 radical (unpaired) electrons. The quantitative estimate of drug-likeness (QED) is 0.346. The molecule has 0 saturated carbocycles. The maximum absolute atomic E-state index is 11.0. The average molecular weight is 486 g/mol. The van der Waals surface area contributed by atoms with Gasteiger partial charge in [0, 0.05) is 24.9 Å². The number of nitrogens with zero attached hydrogens (tertiary/aromatic N) is 2. The summed E-state index contributed by atoms with van der Waals surface area (Å²) >= 11 is 1.75. The van der Waals surface area contributed by atoms with Gasteiger partial charge in [0.25, 0.3) is 0 Å². The van der Waals surface area contributed by atoms with Gasteiger partial charge in [-0.25, -0.2) is 4.98 Å². The first-order valence-corrected chi connectivity index (χ1v) is 9.52. The van der Waals surface area contributed by atoms with Gasteiger partial charge in [-0.05, 0) is 37.8 Å². The summed E-state index contributed by atoms with van der Waals surface area (Å²) in [5.74, 6) is 0.711. The van der Waals surface area contributed by atoms with Crippen LogP contribution in [0.15, 0.2) is 29.3 Å². The Morgan fingerprint density at radius 1 is 1.31 bits per heavy atom. The minimum atomic E-state index is -0.822. The van der Waals surface area contributed by atoms with Crippen LogP contribution in [0.5, 0.6) is 0 Å². The highest BCUT2D eigenvalue weighted by Crippen LogP contribution is 2.36. The number of hydrogen-bond donors (Lipinski definition) is 3. The fraction of sp³-hybridized carbons (Fsp3) is 0.474. The number of aliphatic hydroxyl groups is 1. The van der Waals surface area contributed by atoms with Gasteiger partial charge in [0.05, 0.1) is 17.2 Å². The normalized spacial score (nSPS) is 19.0. The molecule has 3 rings (SSSR count). The van der Waals surface area contributed by atoms with Crippen molar-refractivity contribution in [1.82, 2.24) is 15.6 Å². The van der Waals surface area contributed by atoms with E-state index < -0.39 is 5.60 Å². The molecule has 1 unspecified atom stereocenters. The van der Waals surface area contributed by atoms with Crippen molar-refractivity contribution in [2.45, 2.75) is 38.7 Å². The number of aliphatic imine (C=N–C) groups is 1. The van der Waals surface area contributed by atoms with Crippen molar-refractivity contribution >= 4 is 41.3 Å². The van der Waals surface area contributed by atoms with Crippen molar-refractivity contribution in [3.63, 3.8) is 0 Å². The van der Waals surface area contributed by atoms with Crippen LogP contribution in [0.3, 0.4) is 0 Å². The van der Waals surface area contributed by atoms with Crippen molar-refractivity contribution in [1.29, 1.82) is 0 Å². The van der Waals surface area contributed by atoms with Gasteiger partial charge in [-0.15, -0.1) is 35.3 Å². The molecule has 1 heterocycles. The van der Waals surface area contributed by atoms with E-state index in [-0.39, 0.29) is 24.0 Å². The smallest absolute Gasteiger partial charge is 0.191 e.